The zero-order valence-corrected chi connectivity index (χ0v) is 15.1. The molecule has 1 aliphatic carbocycles. The largest absolute Gasteiger partial charge is 0.495 e. The standard InChI is InChI=1S/C17H25ClN2O2.ClH/c1-21-17-6-5-12(9-14(17)18)10-20-15-4-2-3-13(15)16-11-22-8-7-19-16;/h5-6,9,13,15-16,19-20H,2-4,7-8,10-11H2,1H3;1H. The smallest absolute Gasteiger partial charge is 0.137 e. The number of halogens is 2. The Bertz CT molecular complexity index is 495. The van der Waals surface area contributed by atoms with Gasteiger partial charge >= 0.3 is 0 Å². The van der Waals surface area contributed by atoms with Crippen LogP contribution in [-0.2, 0) is 11.3 Å². The first-order valence-corrected chi connectivity index (χ1v) is 8.52. The fraction of sp³-hybridized carbons (Fsp3) is 0.647. The molecule has 1 saturated carbocycles. The topological polar surface area (TPSA) is 42.5 Å². The Morgan fingerprint density at radius 1 is 1.39 bits per heavy atom. The van der Waals surface area contributed by atoms with Crippen molar-refractivity contribution in [1.82, 2.24) is 10.6 Å². The molecule has 0 aromatic heterocycles. The maximum atomic E-state index is 6.20. The van der Waals surface area contributed by atoms with Crippen LogP contribution in [-0.4, -0.2) is 39.0 Å². The van der Waals surface area contributed by atoms with Gasteiger partial charge in [0, 0.05) is 25.2 Å². The van der Waals surface area contributed by atoms with E-state index in [0.717, 1.165) is 32.1 Å². The van der Waals surface area contributed by atoms with E-state index >= 15 is 0 Å². The summed E-state index contributed by atoms with van der Waals surface area (Å²) in [6, 6.07) is 7.04. The number of rotatable bonds is 5. The maximum Gasteiger partial charge on any atom is 0.137 e. The second-order valence-electron chi connectivity index (χ2n) is 6.19. The Labute approximate surface area is 149 Å². The molecule has 1 aromatic carbocycles. The van der Waals surface area contributed by atoms with Gasteiger partial charge in [-0.3, -0.25) is 0 Å². The Hall–Kier alpha value is -0.520. The number of hydrogen-bond donors (Lipinski definition) is 2. The molecule has 2 fully saturated rings. The van der Waals surface area contributed by atoms with E-state index in [1.807, 2.05) is 12.1 Å². The van der Waals surface area contributed by atoms with Gasteiger partial charge in [0.15, 0.2) is 0 Å². The van der Waals surface area contributed by atoms with E-state index in [1.165, 1.54) is 24.8 Å². The molecule has 0 amide bonds. The summed E-state index contributed by atoms with van der Waals surface area (Å²) in [4.78, 5) is 0. The van der Waals surface area contributed by atoms with Crippen molar-refractivity contribution in [2.24, 2.45) is 5.92 Å². The van der Waals surface area contributed by atoms with Gasteiger partial charge in [0.25, 0.3) is 0 Å². The van der Waals surface area contributed by atoms with Gasteiger partial charge in [-0.25, -0.2) is 0 Å². The van der Waals surface area contributed by atoms with Crippen molar-refractivity contribution in [3.05, 3.63) is 28.8 Å². The summed E-state index contributed by atoms with van der Waals surface area (Å²) in [6.45, 7) is 3.50. The minimum Gasteiger partial charge on any atom is -0.495 e. The van der Waals surface area contributed by atoms with E-state index in [0.29, 0.717) is 23.0 Å². The summed E-state index contributed by atoms with van der Waals surface area (Å²) < 4.78 is 10.8. The van der Waals surface area contributed by atoms with Crippen LogP contribution in [0, 0.1) is 5.92 Å². The number of nitrogens with one attached hydrogen (secondary N) is 2. The fourth-order valence-corrected chi connectivity index (χ4v) is 3.93. The van der Waals surface area contributed by atoms with Crippen LogP contribution in [0.25, 0.3) is 0 Å². The van der Waals surface area contributed by atoms with Gasteiger partial charge in [0.2, 0.25) is 0 Å². The highest BCUT2D eigenvalue weighted by Crippen LogP contribution is 2.30. The molecular formula is C17H26Cl2N2O2. The molecule has 6 heteroatoms. The van der Waals surface area contributed by atoms with Crippen LogP contribution < -0.4 is 15.4 Å². The Balaban J connectivity index is 0.00000192. The van der Waals surface area contributed by atoms with Gasteiger partial charge in [0.1, 0.15) is 5.75 Å². The molecule has 3 rings (SSSR count). The second-order valence-corrected chi connectivity index (χ2v) is 6.59. The number of benzene rings is 1. The zero-order valence-electron chi connectivity index (χ0n) is 13.5. The normalized spacial score (nSPS) is 27.5. The first-order valence-electron chi connectivity index (χ1n) is 8.15. The van der Waals surface area contributed by atoms with Crippen LogP contribution >= 0.6 is 24.0 Å². The van der Waals surface area contributed by atoms with Crippen LogP contribution in [0.5, 0.6) is 5.75 Å². The molecule has 23 heavy (non-hydrogen) atoms. The average Bonchev–Trinajstić information content (AvgIpc) is 3.02. The third-order valence-corrected chi connectivity index (χ3v) is 5.12. The van der Waals surface area contributed by atoms with Crippen molar-refractivity contribution in [3.8, 4) is 5.75 Å². The minimum atomic E-state index is 0. The van der Waals surface area contributed by atoms with Crippen molar-refractivity contribution in [3.63, 3.8) is 0 Å². The Morgan fingerprint density at radius 3 is 2.96 bits per heavy atom. The molecule has 130 valence electrons. The van der Waals surface area contributed by atoms with Crippen molar-refractivity contribution in [2.75, 3.05) is 26.9 Å². The first-order chi connectivity index (χ1) is 10.8. The molecule has 1 aliphatic heterocycles. The van der Waals surface area contributed by atoms with Gasteiger partial charge in [-0.05, 0) is 36.5 Å². The number of methoxy groups -OCH3 is 1. The maximum absolute atomic E-state index is 6.20. The SMILES string of the molecule is COc1ccc(CNC2CCCC2C2COCCN2)cc1Cl.Cl. The van der Waals surface area contributed by atoms with E-state index in [-0.39, 0.29) is 12.4 Å². The highest BCUT2D eigenvalue weighted by Gasteiger charge is 2.34. The monoisotopic (exact) mass is 360 g/mol. The van der Waals surface area contributed by atoms with E-state index in [2.05, 4.69) is 16.7 Å². The van der Waals surface area contributed by atoms with E-state index in [1.54, 1.807) is 7.11 Å². The van der Waals surface area contributed by atoms with Crippen LogP contribution in [0.4, 0.5) is 0 Å². The summed E-state index contributed by atoms with van der Waals surface area (Å²) in [7, 11) is 1.64. The van der Waals surface area contributed by atoms with Gasteiger partial charge in [0.05, 0.1) is 25.3 Å². The van der Waals surface area contributed by atoms with E-state index < -0.39 is 0 Å². The third kappa shape index (κ3) is 4.74. The lowest BCUT2D eigenvalue weighted by molar-refractivity contribution is 0.0524. The van der Waals surface area contributed by atoms with Gasteiger partial charge < -0.3 is 20.1 Å². The summed E-state index contributed by atoms with van der Waals surface area (Å²) in [6.07, 6.45) is 3.82. The summed E-state index contributed by atoms with van der Waals surface area (Å²) >= 11 is 6.20. The quantitative estimate of drug-likeness (QED) is 0.846. The van der Waals surface area contributed by atoms with Gasteiger partial charge in [-0.1, -0.05) is 24.1 Å². The molecule has 0 bridgehead atoms. The molecule has 1 saturated heterocycles. The van der Waals surface area contributed by atoms with Crippen LogP contribution in [0.1, 0.15) is 24.8 Å². The lowest BCUT2D eigenvalue weighted by atomic mass is 9.94. The highest BCUT2D eigenvalue weighted by atomic mass is 35.5. The Kier molecular flexibility index (Phi) is 7.44. The molecule has 0 spiro atoms. The van der Waals surface area contributed by atoms with Crippen LogP contribution in [0.3, 0.4) is 0 Å². The molecule has 4 nitrogen and oxygen atoms in total. The average molecular weight is 361 g/mol. The molecule has 1 heterocycles. The number of hydrogen-bond acceptors (Lipinski definition) is 4. The molecular weight excluding hydrogens is 335 g/mol. The summed E-state index contributed by atoms with van der Waals surface area (Å²) in [5, 5.41) is 8.00. The van der Waals surface area contributed by atoms with Crippen LogP contribution in [0.2, 0.25) is 5.02 Å². The minimum absolute atomic E-state index is 0. The number of ether oxygens (including phenoxy) is 2. The van der Waals surface area contributed by atoms with Crippen molar-refractivity contribution in [2.45, 2.75) is 37.9 Å². The molecule has 1 aromatic rings. The Morgan fingerprint density at radius 2 is 2.26 bits per heavy atom. The number of morpholine rings is 1. The van der Waals surface area contributed by atoms with Crippen LogP contribution in [0.15, 0.2) is 18.2 Å². The second kappa shape index (κ2) is 9.09. The summed E-state index contributed by atoms with van der Waals surface area (Å²) in [5.74, 6) is 1.39. The van der Waals surface area contributed by atoms with Gasteiger partial charge in [-0.15, -0.1) is 12.4 Å². The van der Waals surface area contributed by atoms with Crippen molar-refractivity contribution >= 4 is 24.0 Å². The predicted molar refractivity (Wildman–Crippen MR) is 95.8 cm³/mol. The lowest BCUT2D eigenvalue weighted by Crippen LogP contribution is -2.50. The molecule has 2 aliphatic rings. The summed E-state index contributed by atoms with van der Waals surface area (Å²) in [5.41, 5.74) is 1.20. The highest BCUT2D eigenvalue weighted by molar-refractivity contribution is 6.32. The first kappa shape index (κ1) is 18.8. The molecule has 3 unspecified atom stereocenters. The van der Waals surface area contributed by atoms with E-state index in [4.69, 9.17) is 21.1 Å². The molecule has 2 N–H and O–H groups in total. The third-order valence-electron chi connectivity index (χ3n) is 4.82. The van der Waals surface area contributed by atoms with Crippen molar-refractivity contribution < 1.29 is 9.47 Å². The zero-order chi connectivity index (χ0) is 15.4. The predicted octanol–water partition coefficient (Wildman–Crippen LogP) is 3.02. The molecule has 3 atom stereocenters. The van der Waals surface area contributed by atoms with Crippen molar-refractivity contribution in [1.29, 1.82) is 0 Å². The lowest BCUT2D eigenvalue weighted by Gasteiger charge is -2.33. The van der Waals surface area contributed by atoms with E-state index in [9.17, 15) is 0 Å². The fourth-order valence-electron chi connectivity index (χ4n) is 3.65. The molecule has 0 radical (unpaired) electrons. The van der Waals surface area contributed by atoms with Gasteiger partial charge in [-0.2, -0.15) is 0 Å².